The summed E-state index contributed by atoms with van der Waals surface area (Å²) in [5, 5.41) is 3.41. The molecule has 0 heterocycles. The van der Waals surface area contributed by atoms with E-state index in [-0.39, 0.29) is 0 Å². The summed E-state index contributed by atoms with van der Waals surface area (Å²) in [6.07, 6.45) is 3.49. The molecule has 96 valence electrons. The smallest absolute Gasteiger partial charge is 0.0340 e. The Morgan fingerprint density at radius 2 is 1.94 bits per heavy atom. The average molecular weight is 252 g/mol. The molecule has 0 atom stereocenters. The standard InChI is InChI=1S/C14H24N2S/c1-2-11-17-12-13-5-7-14(8-6-13)16-10-4-3-9-15/h5-8,16H,2-4,9-12,15H2,1H3. The Morgan fingerprint density at radius 3 is 2.59 bits per heavy atom. The Bertz CT molecular complexity index is 285. The number of anilines is 1. The molecule has 1 aromatic carbocycles. The van der Waals surface area contributed by atoms with Crippen LogP contribution < -0.4 is 11.1 Å². The molecule has 0 spiro atoms. The lowest BCUT2D eigenvalue weighted by atomic mass is 10.2. The van der Waals surface area contributed by atoms with Crippen molar-refractivity contribution < 1.29 is 0 Å². The van der Waals surface area contributed by atoms with Gasteiger partial charge in [0.2, 0.25) is 0 Å². The third-order valence-corrected chi connectivity index (χ3v) is 3.77. The highest BCUT2D eigenvalue weighted by molar-refractivity contribution is 7.98. The summed E-state index contributed by atoms with van der Waals surface area (Å²) in [7, 11) is 0. The number of hydrogen-bond donors (Lipinski definition) is 2. The molecule has 0 aliphatic heterocycles. The number of benzene rings is 1. The molecule has 2 nitrogen and oxygen atoms in total. The van der Waals surface area contributed by atoms with Crippen molar-refractivity contribution in [3.63, 3.8) is 0 Å². The van der Waals surface area contributed by atoms with Gasteiger partial charge >= 0.3 is 0 Å². The van der Waals surface area contributed by atoms with Crippen molar-refractivity contribution in [2.75, 3.05) is 24.2 Å². The van der Waals surface area contributed by atoms with E-state index < -0.39 is 0 Å². The molecule has 0 bridgehead atoms. The molecule has 0 aromatic heterocycles. The number of unbranched alkanes of at least 4 members (excludes halogenated alkanes) is 1. The van der Waals surface area contributed by atoms with Gasteiger partial charge in [0.05, 0.1) is 0 Å². The van der Waals surface area contributed by atoms with E-state index in [1.54, 1.807) is 0 Å². The van der Waals surface area contributed by atoms with E-state index in [2.05, 4.69) is 36.5 Å². The van der Waals surface area contributed by atoms with Crippen molar-refractivity contribution in [3.8, 4) is 0 Å². The lowest BCUT2D eigenvalue weighted by Gasteiger charge is -2.07. The molecular weight excluding hydrogens is 228 g/mol. The van der Waals surface area contributed by atoms with E-state index in [0.29, 0.717) is 0 Å². The first-order chi connectivity index (χ1) is 8.36. The van der Waals surface area contributed by atoms with Crippen LogP contribution in [0.5, 0.6) is 0 Å². The van der Waals surface area contributed by atoms with Crippen molar-refractivity contribution in [1.82, 2.24) is 0 Å². The van der Waals surface area contributed by atoms with Gasteiger partial charge in [0.15, 0.2) is 0 Å². The molecule has 0 unspecified atom stereocenters. The molecular formula is C14H24N2S. The van der Waals surface area contributed by atoms with Crippen LogP contribution in [-0.4, -0.2) is 18.8 Å². The molecule has 0 aliphatic carbocycles. The van der Waals surface area contributed by atoms with Crippen LogP contribution in [0.25, 0.3) is 0 Å². The largest absolute Gasteiger partial charge is 0.385 e. The van der Waals surface area contributed by atoms with E-state index in [9.17, 15) is 0 Å². The third kappa shape index (κ3) is 6.59. The summed E-state index contributed by atoms with van der Waals surface area (Å²) >= 11 is 2.00. The second-order valence-electron chi connectivity index (χ2n) is 4.17. The Hall–Kier alpha value is -0.670. The number of thioether (sulfide) groups is 1. The van der Waals surface area contributed by atoms with E-state index in [0.717, 1.165) is 31.7 Å². The second kappa shape index (κ2) is 9.37. The van der Waals surface area contributed by atoms with Crippen molar-refractivity contribution >= 4 is 17.4 Å². The molecule has 0 radical (unpaired) electrons. The van der Waals surface area contributed by atoms with Crippen LogP contribution in [-0.2, 0) is 5.75 Å². The van der Waals surface area contributed by atoms with Gasteiger partial charge in [-0.25, -0.2) is 0 Å². The average Bonchev–Trinajstić information content (AvgIpc) is 2.37. The van der Waals surface area contributed by atoms with Gasteiger partial charge in [-0.1, -0.05) is 19.1 Å². The van der Waals surface area contributed by atoms with Crippen LogP contribution in [0, 0.1) is 0 Å². The SMILES string of the molecule is CCCSCc1ccc(NCCCCN)cc1. The predicted octanol–water partition coefficient (Wildman–Crippen LogP) is 3.48. The summed E-state index contributed by atoms with van der Waals surface area (Å²) in [6.45, 7) is 4.03. The van der Waals surface area contributed by atoms with Gasteiger partial charge in [0, 0.05) is 18.0 Å². The first-order valence-corrected chi connectivity index (χ1v) is 7.63. The Kier molecular flexibility index (Phi) is 7.93. The quantitative estimate of drug-likeness (QED) is 0.661. The highest BCUT2D eigenvalue weighted by Gasteiger charge is 1.95. The molecule has 0 saturated carbocycles. The summed E-state index contributed by atoms with van der Waals surface area (Å²) < 4.78 is 0. The number of nitrogens with one attached hydrogen (secondary N) is 1. The highest BCUT2D eigenvalue weighted by atomic mass is 32.2. The summed E-state index contributed by atoms with van der Waals surface area (Å²) in [5.41, 5.74) is 8.08. The summed E-state index contributed by atoms with van der Waals surface area (Å²) in [6, 6.07) is 8.77. The molecule has 0 amide bonds. The zero-order chi connectivity index (χ0) is 12.3. The summed E-state index contributed by atoms with van der Waals surface area (Å²) in [5.74, 6) is 2.38. The second-order valence-corrected chi connectivity index (χ2v) is 5.28. The van der Waals surface area contributed by atoms with Crippen molar-refractivity contribution in [3.05, 3.63) is 29.8 Å². The maximum Gasteiger partial charge on any atom is 0.0340 e. The number of rotatable bonds is 9. The fourth-order valence-electron chi connectivity index (χ4n) is 1.56. The first-order valence-electron chi connectivity index (χ1n) is 6.47. The van der Waals surface area contributed by atoms with Crippen LogP contribution in [0.2, 0.25) is 0 Å². The zero-order valence-corrected chi connectivity index (χ0v) is 11.6. The minimum atomic E-state index is 0.787. The Morgan fingerprint density at radius 1 is 1.18 bits per heavy atom. The van der Waals surface area contributed by atoms with Crippen molar-refractivity contribution in [2.45, 2.75) is 31.9 Å². The van der Waals surface area contributed by atoms with Gasteiger partial charge in [-0.15, -0.1) is 0 Å². The lowest BCUT2D eigenvalue weighted by molar-refractivity contribution is 0.774. The predicted molar refractivity (Wildman–Crippen MR) is 79.7 cm³/mol. The van der Waals surface area contributed by atoms with Gasteiger partial charge in [-0.05, 0) is 49.3 Å². The summed E-state index contributed by atoms with van der Waals surface area (Å²) in [4.78, 5) is 0. The molecule has 1 aromatic rings. The van der Waals surface area contributed by atoms with Gasteiger partial charge in [-0.2, -0.15) is 11.8 Å². The molecule has 0 aliphatic rings. The van der Waals surface area contributed by atoms with Crippen LogP contribution in [0.4, 0.5) is 5.69 Å². The topological polar surface area (TPSA) is 38.0 Å². The van der Waals surface area contributed by atoms with Gasteiger partial charge < -0.3 is 11.1 Å². The fraction of sp³-hybridized carbons (Fsp3) is 0.571. The van der Waals surface area contributed by atoms with Crippen LogP contribution in [0.1, 0.15) is 31.7 Å². The molecule has 3 N–H and O–H groups in total. The van der Waals surface area contributed by atoms with Crippen molar-refractivity contribution in [1.29, 1.82) is 0 Å². The highest BCUT2D eigenvalue weighted by Crippen LogP contribution is 2.15. The minimum absolute atomic E-state index is 0.787. The van der Waals surface area contributed by atoms with Gasteiger partial charge in [-0.3, -0.25) is 0 Å². The first kappa shape index (κ1) is 14.4. The van der Waals surface area contributed by atoms with Crippen LogP contribution in [0.15, 0.2) is 24.3 Å². The van der Waals surface area contributed by atoms with Crippen LogP contribution in [0.3, 0.4) is 0 Å². The maximum absolute atomic E-state index is 5.46. The number of nitrogens with two attached hydrogens (primary N) is 1. The lowest BCUT2D eigenvalue weighted by Crippen LogP contribution is -2.05. The Labute approximate surface area is 109 Å². The maximum atomic E-state index is 5.46. The number of hydrogen-bond acceptors (Lipinski definition) is 3. The molecule has 17 heavy (non-hydrogen) atoms. The van der Waals surface area contributed by atoms with Crippen molar-refractivity contribution in [2.24, 2.45) is 5.73 Å². The normalized spacial score (nSPS) is 10.5. The van der Waals surface area contributed by atoms with E-state index in [1.165, 1.54) is 23.4 Å². The molecule has 0 saturated heterocycles. The molecule has 0 fully saturated rings. The molecule has 1 rings (SSSR count). The Balaban J connectivity index is 2.24. The monoisotopic (exact) mass is 252 g/mol. The van der Waals surface area contributed by atoms with Gasteiger partial charge in [0.1, 0.15) is 0 Å². The van der Waals surface area contributed by atoms with E-state index >= 15 is 0 Å². The van der Waals surface area contributed by atoms with Gasteiger partial charge in [0.25, 0.3) is 0 Å². The fourth-order valence-corrected chi connectivity index (χ4v) is 2.42. The van der Waals surface area contributed by atoms with Crippen LogP contribution >= 0.6 is 11.8 Å². The molecule has 3 heteroatoms. The zero-order valence-electron chi connectivity index (χ0n) is 10.7. The van der Waals surface area contributed by atoms with E-state index in [1.807, 2.05) is 11.8 Å². The third-order valence-electron chi connectivity index (χ3n) is 2.53. The minimum Gasteiger partial charge on any atom is -0.385 e. The van der Waals surface area contributed by atoms with E-state index in [4.69, 9.17) is 5.73 Å².